The largest absolute Gasteiger partial charge is 0.388 e. The lowest BCUT2D eigenvalue weighted by molar-refractivity contribution is -0.144. The zero-order valence-corrected chi connectivity index (χ0v) is 11.6. The van der Waals surface area contributed by atoms with Crippen molar-refractivity contribution in [1.82, 2.24) is 4.90 Å². The van der Waals surface area contributed by atoms with E-state index in [1.807, 2.05) is 0 Å². The molecule has 0 bridgehead atoms. The first-order valence-electron chi connectivity index (χ1n) is 7.61. The minimum absolute atomic E-state index is 0.0220. The van der Waals surface area contributed by atoms with Gasteiger partial charge in [-0.05, 0) is 31.6 Å². The number of aliphatic hydroxyl groups is 1. The van der Waals surface area contributed by atoms with Crippen LogP contribution in [0.1, 0.15) is 51.9 Å². The van der Waals surface area contributed by atoms with Gasteiger partial charge in [-0.3, -0.25) is 14.5 Å². The van der Waals surface area contributed by atoms with Crippen LogP contribution in [0.15, 0.2) is 0 Å². The van der Waals surface area contributed by atoms with Crippen molar-refractivity contribution >= 4 is 11.8 Å². The molecule has 2 saturated carbocycles. The Kier molecular flexibility index (Phi) is 3.16. The van der Waals surface area contributed by atoms with Gasteiger partial charge < -0.3 is 5.11 Å². The molecule has 0 radical (unpaired) electrons. The Morgan fingerprint density at radius 2 is 1.68 bits per heavy atom. The van der Waals surface area contributed by atoms with E-state index in [9.17, 15) is 14.7 Å². The Bertz CT molecular complexity index is 376. The number of amides is 2. The molecule has 0 aromatic rings. The molecule has 3 fully saturated rings. The molecule has 4 nitrogen and oxygen atoms in total. The number of nitrogens with zero attached hydrogens (tertiary/aromatic N) is 1. The van der Waals surface area contributed by atoms with Crippen molar-refractivity contribution in [1.29, 1.82) is 0 Å². The smallest absolute Gasteiger partial charge is 0.233 e. The summed E-state index contributed by atoms with van der Waals surface area (Å²) < 4.78 is 0. The number of carbonyl (C=O) groups excluding carboxylic acids is 2. The second kappa shape index (κ2) is 4.58. The second-order valence-electron chi connectivity index (χ2n) is 6.65. The molecule has 0 spiro atoms. The Morgan fingerprint density at radius 3 is 2.16 bits per heavy atom. The molecule has 3 rings (SSSR count). The lowest BCUT2D eigenvalue weighted by Gasteiger charge is -2.28. The highest BCUT2D eigenvalue weighted by Gasteiger charge is 2.53. The van der Waals surface area contributed by atoms with E-state index in [-0.39, 0.29) is 30.2 Å². The molecule has 2 atom stereocenters. The maximum Gasteiger partial charge on any atom is 0.233 e. The highest BCUT2D eigenvalue weighted by Crippen LogP contribution is 2.45. The van der Waals surface area contributed by atoms with Crippen LogP contribution in [-0.2, 0) is 9.59 Å². The van der Waals surface area contributed by atoms with Gasteiger partial charge in [0.1, 0.15) is 0 Å². The van der Waals surface area contributed by atoms with E-state index in [1.165, 1.54) is 4.90 Å². The fourth-order valence-electron chi connectivity index (χ4n) is 4.17. The van der Waals surface area contributed by atoms with Crippen molar-refractivity contribution in [3.63, 3.8) is 0 Å². The monoisotopic (exact) mass is 265 g/mol. The molecular formula is C15H23NO3. The summed E-state index contributed by atoms with van der Waals surface area (Å²) in [7, 11) is 0. The van der Waals surface area contributed by atoms with Crippen LogP contribution in [0.3, 0.4) is 0 Å². The van der Waals surface area contributed by atoms with E-state index >= 15 is 0 Å². The normalized spacial score (nSPS) is 37.2. The Morgan fingerprint density at radius 1 is 1.16 bits per heavy atom. The van der Waals surface area contributed by atoms with Crippen LogP contribution in [0, 0.1) is 17.8 Å². The van der Waals surface area contributed by atoms with Crippen molar-refractivity contribution in [3.8, 4) is 0 Å². The molecule has 1 N–H and O–H groups in total. The van der Waals surface area contributed by atoms with Gasteiger partial charge in [-0.15, -0.1) is 0 Å². The fraction of sp³-hybridized carbons (Fsp3) is 0.867. The molecular weight excluding hydrogens is 242 g/mol. The molecule has 1 heterocycles. The van der Waals surface area contributed by atoms with Crippen molar-refractivity contribution in [2.24, 2.45) is 17.8 Å². The van der Waals surface area contributed by atoms with Crippen LogP contribution in [0.2, 0.25) is 0 Å². The number of β-amino-alcohol motifs (C(OH)–C–C–N with tert-alkyl or cyclic N) is 1. The highest BCUT2D eigenvalue weighted by atomic mass is 16.3. The third kappa shape index (κ3) is 2.10. The zero-order chi connectivity index (χ0) is 13.6. The summed E-state index contributed by atoms with van der Waals surface area (Å²) in [6.45, 7) is 2.36. The predicted octanol–water partition coefficient (Wildman–Crippen LogP) is 1.71. The quantitative estimate of drug-likeness (QED) is 0.790. The van der Waals surface area contributed by atoms with Crippen LogP contribution in [0.4, 0.5) is 0 Å². The van der Waals surface area contributed by atoms with E-state index in [4.69, 9.17) is 0 Å². The third-order valence-electron chi connectivity index (χ3n) is 5.39. The lowest BCUT2D eigenvalue weighted by Crippen LogP contribution is -2.44. The van der Waals surface area contributed by atoms with E-state index in [0.717, 1.165) is 44.9 Å². The average Bonchev–Trinajstić information content (AvgIpc) is 3.05. The minimum atomic E-state index is -0.811. The molecule has 3 aliphatic rings. The zero-order valence-electron chi connectivity index (χ0n) is 11.6. The molecule has 19 heavy (non-hydrogen) atoms. The van der Waals surface area contributed by atoms with Crippen LogP contribution in [0.25, 0.3) is 0 Å². The highest BCUT2D eigenvalue weighted by molar-refractivity contribution is 6.05. The topological polar surface area (TPSA) is 57.6 Å². The summed E-state index contributed by atoms with van der Waals surface area (Å²) >= 11 is 0. The summed E-state index contributed by atoms with van der Waals surface area (Å²) in [6.07, 6.45) is 6.21. The van der Waals surface area contributed by atoms with Gasteiger partial charge >= 0.3 is 0 Å². The van der Waals surface area contributed by atoms with Crippen molar-refractivity contribution in [3.05, 3.63) is 0 Å². The maximum absolute atomic E-state index is 12.4. The fourth-order valence-corrected chi connectivity index (χ4v) is 4.17. The molecule has 106 valence electrons. The van der Waals surface area contributed by atoms with Crippen molar-refractivity contribution in [2.75, 3.05) is 6.54 Å². The predicted molar refractivity (Wildman–Crippen MR) is 70.1 cm³/mol. The van der Waals surface area contributed by atoms with Gasteiger partial charge in [0, 0.05) is 0 Å². The summed E-state index contributed by atoms with van der Waals surface area (Å²) in [5, 5.41) is 10.4. The molecule has 0 aromatic carbocycles. The Labute approximate surface area is 114 Å². The van der Waals surface area contributed by atoms with Gasteiger partial charge in [-0.1, -0.05) is 26.2 Å². The first-order chi connectivity index (χ1) is 9.04. The molecule has 1 saturated heterocycles. The number of rotatable bonds is 3. The van der Waals surface area contributed by atoms with E-state index in [2.05, 4.69) is 6.92 Å². The number of fused-ring (bicyclic) bond motifs is 1. The summed E-state index contributed by atoms with van der Waals surface area (Å²) in [4.78, 5) is 26.1. The lowest BCUT2D eigenvalue weighted by atomic mass is 10.00. The molecule has 2 unspecified atom stereocenters. The van der Waals surface area contributed by atoms with Crippen LogP contribution < -0.4 is 0 Å². The second-order valence-corrected chi connectivity index (χ2v) is 6.65. The molecule has 2 aliphatic carbocycles. The van der Waals surface area contributed by atoms with Crippen molar-refractivity contribution in [2.45, 2.75) is 57.5 Å². The summed E-state index contributed by atoms with van der Waals surface area (Å²) in [5.41, 5.74) is -0.811. The number of hydrogen-bond donors (Lipinski definition) is 1. The van der Waals surface area contributed by atoms with Gasteiger partial charge in [0.15, 0.2) is 0 Å². The summed E-state index contributed by atoms with van der Waals surface area (Å²) in [6, 6.07) is 0. The minimum Gasteiger partial charge on any atom is -0.388 e. The maximum atomic E-state index is 12.4. The first kappa shape index (κ1) is 13.1. The van der Waals surface area contributed by atoms with Gasteiger partial charge in [0.05, 0.1) is 24.0 Å². The number of carbonyl (C=O) groups is 2. The SMILES string of the molecule is CCC1CC2C(=O)N(CC3(O)CCCC3)C(=O)C2C1. The molecule has 4 heteroatoms. The number of likely N-dealkylation sites (tertiary alicyclic amines) is 1. The first-order valence-corrected chi connectivity index (χ1v) is 7.61. The van der Waals surface area contributed by atoms with Gasteiger partial charge in [-0.25, -0.2) is 0 Å². The average molecular weight is 265 g/mol. The molecule has 0 aromatic heterocycles. The van der Waals surface area contributed by atoms with E-state index in [0.29, 0.717) is 5.92 Å². The third-order valence-corrected chi connectivity index (χ3v) is 5.39. The van der Waals surface area contributed by atoms with Crippen LogP contribution in [0.5, 0.6) is 0 Å². The van der Waals surface area contributed by atoms with Crippen molar-refractivity contribution < 1.29 is 14.7 Å². The van der Waals surface area contributed by atoms with E-state index in [1.54, 1.807) is 0 Å². The van der Waals surface area contributed by atoms with Gasteiger partial charge in [0.2, 0.25) is 11.8 Å². The summed E-state index contributed by atoms with van der Waals surface area (Å²) in [5.74, 6) is 0.294. The van der Waals surface area contributed by atoms with Gasteiger partial charge in [-0.2, -0.15) is 0 Å². The molecule has 1 aliphatic heterocycles. The van der Waals surface area contributed by atoms with E-state index < -0.39 is 5.60 Å². The number of imide groups is 1. The van der Waals surface area contributed by atoms with Crippen LogP contribution >= 0.6 is 0 Å². The standard InChI is InChI=1S/C15H23NO3/c1-2-10-7-11-12(8-10)14(18)16(13(11)17)9-15(19)5-3-4-6-15/h10-12,19H,2-9H2,1H3. The Hall–Kier alpha value is -0.900. The van der Waals surface area contributed by atoms with Gasteiger partial charge in [0.25, 0.3) is 0 Å². The van der Waals surface area contributed by atoms with Crippen LogP contribution in [-0.4, -0.2) is 34.0 Å². The molecule has 2 amide bonds. The number of hydrogen-bond acceptors (Lipinski definition) is 3. The Balaban J connectivity index is 1.72.